The van der Waals surface area contributed by atoms with Crippen LogP contribution in [0.5, 0.6) is 0 Å². The van der Waals surface area contributed by atoms with Crippen molar-refractivity contribution in [3.8, 4) is 0 Å². The summed E-state index contributed by atoms with van der Waals surface area (Å²) in [7, 11) is 1.72. The molecule has 0 bridgehead atoms. The van der Waals surface area contributed by atoms with Crippen LogP contribution in [0, 0.1) is 0 Å². The zero-order valence-electron chi connectivity index (χ0n) is 11.8. The van der Waals surface area contributed by atoms with Crippen LogP contribution in [0.1, 0.15) is 0 Å². The number of ether oxygens (including phenoxy) is 1. The minimum absolute atomic E-state index is 0.109. The van der Waals surface area contributed by atoms with Crippen LogP contribution >= 0.6 is 11.6 Å². The third-order valence-corrected chi connectivity index (χ3v) is 3.82. The Kier molecular flexibility index (Phi) is 3.85. The third kappa shape index (κ3) is 2.82. The normalized spacial score (nSPS) is 16.5. The second-order valence-corrected chi connectivity index (χ2v) is 5.36. The van der Waals surface area contributed by atoms with E-state index in [0.29, 0.717) is 37.5 Å². The molecule has 0 aliphatic carbocycles. The number of halogens is 4. The van der Waals surface area contributed by atoms with Gasteiger partial charge in [-0.2, -0.15) is 18.3 Å². The Bertz CT molecular complexity index is 696. The van der Waals surface area contributed by atoms with Gasteiger partial charge in [-0.1, -0.05) is 4.98 Å². The summed E-state index contributed by atoms with van der Waals surface area (Å²) in [5.41, 5.74) is 0.127. The first-order chi connectivity index (χ1) is 10.4. The first-order valence-corrected chi connectivity index (χ1v) is 7.05. The van der Waals surface area contributed by atoms with Crippen molar-refractivity contribution in [1.82, 2.24) is 14.8 Å². The Morgan fingerprint density at radius 1 is 1.36 bits per heavy atom. The number of alkyl halides is 3. The average molecular weight is 337 g/mol. The van der Waals surface area contributed by atoms with E-state index in [4.69, 9.17) is 16.3 Å². The lowest BCUT2D eigenvalue weighted by Gasteiger charge is -2.25. The van der Waals surface area contributed by atoms with Gasteiger partial charge in [0.15, 0.2) is 0 Å². The maximum absolute atomic E-state index is 12.6. The minimum atomic E-state index is -4.37. The molecule has 0 amide bonds. The quantitative estimate of drug-likeness (QED) is 0.613. The van der Waals surface area contributed by atoms with Crippen molar-refractivity contribution in [2.24, 2.45) is 7.05 Å². The van der Waals surface area contributed by atoms with E-state index in [9.17, 15) is 13.2 Å². The summed E-state index contributed by atoms with van der Waals surface area (Å²) in [5, 5.41) is 4.47. The van der Waals surface area contributed by atoms with Gasteiger partial charge in [-0.15, -0.1) is 0 Å². The minimum Gasteiger partial charge on any atom is -0.375 e. The van der Waals surface area contributed by atoms with Crippen LogP contribution in [0.2, 0.25) is 5.28 Å². The number of morpholine rings is 1. The Morgan fingerprint density at radius 2 is 2.05 bits per heavy atom. The maximum Gasteiger partial charge on any atom is 0.408 e. The van der Waals surface area contributed by atoms with Crippen LogP contribution in [0.4, 0.5) is 19.0 Å². The zero-order chi connectivity index (χ0) is 15.9. The highest BCUT2D eigenvalue weighted by atomic mass is 35.5. The molecule has 3 heterocycles. The smallest absolute Gasteiger partial charge is 0.375 e. The van der Waals surface area contributed by atoms with E-state index in [1.165, 1.54) is 6.20 Å². The average Bonchev–Trinajstić information content (AvgIpc) is 2.82. The molecule has 0 saturated carbocycles. The maximum atomic E-state index is 12.6. The van der Waals surface area contributed by atoms with Crippen LogP contribution in [0.25, 0.3) is 11.0 Å². The first kappa shape index (κ1) is 15.3. The van der Waals surface area contributed by atoms with Gasteiger partial charge < -0.3 is 4.74 Å². The number of anilines is 1. The molecule has 0 aromatic carbocycles. The van der Waals surface area contributed by atoms with Crippen molar-refractivity contribution in [3.63, 3.8) is 0 Å². The number of nitrogens with zero attached hydrogens (tertiary/aromatic N) is 5. The van der Waals surface area contributed by atoms with Crippen molar-refractivity contribution in [2.75, 3.05) is 31.2 Å². The number of hydrogen-bond acceptors (Lipinski definition) is 4. The monoisotopic (exact) mass is 336 g/mol. The lowest BCUT2D eigenvalue weighted by atomic mass is 10.3. The Balaban J connectivity index is 2.12. The van der Waals surface area contributed by atoms with Crippen molar-refractivity contribution in [1.29, 1.82) is 0 Å². The molecule has 0 spiro atoms. The van der Waals surface area contributed by atoms with Crippen LogP contribution in [0.15, 0.2) is 6.20 Å². The predicted octanol–water partition coefficient (Wildman–Crippen LogP) is 1.31. The SMILES string of the molecule is C[n+]1c(Cl)nc2c(cnn2CC(F)(F)F)c1N1CCOCC1. The van der Waals surface area contributed by atoms with Gasteiger partial charge >= 0.3 is 11.5 Å². The van der Waals surface area contributed by atoms with E-state index < -0.39 is 12.7 Å². The molecule has 1 saturated heterocycles. The van der Waals surface area contributed by atoms with Crippen LogP contribution < -0.4 is 9.47 Å². The Morgan fingerprint density at radius 3 is 2.68 bits per heavy atom. The molecule has 2 aromatic rings. The highest BCUT2D eigenvalue weighted by Crippen LogP contribution is 2.26. The second kappa shape index (κ2) is 5.54. The summed E-state index contributed by atoms with van der Waals surface area (Å²) in [6, 6.07) is 0. The molecule has 0 atom stereocenters. The fourth-order valence-corrected chi connectivity index (χ4v) is 2.69. The number of rotatable bonds is 2. The van der Waals surface area contributed by atoms with Crippen LogP contribution in [-0.4, -0.2) is 47.2 Å². The van der Waals surface area contributed by atoms with Crippen LogP contribution in [-0.2, 0) is 18.3 Å². The highest BCUT2D eigenvalue weighted by molar-refractivity contribution is 6.27. The molecule has 0 radical (unpaired) electrons. The topological polar surface area (TPSA) is 47.1 Å². The van der Waals surface area contributed by atoms with Gasteiger partial charge in [0.25, 0.3) is 0 Å². The summed E-state index contributed by atoms with van der Waals surface area (Å²) in [5.74, 6) is 0.701. The fraction of sp³-hybridized carbons (Fsp3) is 0.583. The Hall–Kier alpha value is -1.61. The van der Waals surface area contributed by atoms with Gasteiger partial charge in [-0.25, -0.2) is 9.25 Å². The van der Waals surface area contributed by atoms with Gasteiger partial charge in [0.1, 0.15) is 11.9 Å². The van der Waals surface area contributed by atoms with E-state index in [-0.39, 0.29) is 10.9 Å². The third-order valence-electron chi connectivity index (χ3n) is 3.48. The molecule has 1 aliphatic heterocycles. The number of aromatic nitrogens is 4. The number of hydrogen-bond donors (Lipinski definition) is 0. The zero-order valence-corrected chi connectivity index (χ0v) is 12.5. The molecule has 1 fully saturated rings. The van der Waals surface area contributed by atoms with E-state index >= 15 is 0 Å². The van der Waals surface area contributed by atoms with E-state index in [1.807, 2.05) is 4.90 Å². The van der Waals surface area contributed by atoms with E-state index in [1.54, 1.807) is 11.6 Å². The Labute approximate surface area is 129 Å². The molecular formula is C12H14ClF3N5O+. The summed E-state index contributed by atoms with van der Waals surface area (Å²) in [6.07, 6.45) is -2.97. The molecule has 1 aliphatic rings. The summed E-state index contributed by atoms with van der Waals surface area (Å²) < 4.78 is 45.7. The summed E-state index contributed by atoms with van der Waals surface area (Å²) >= 11 is 6.08. The molecule has 2 aromatic heterocycles. The predicted molar refractivity (Wildman–Crippen MR) is 72.8 cm³/mol. The second-order valence-electron chi connectivity index (χ2n) is 5.02. The van der Waals surface area contributed by atoms with Crippen molar-refractivity contribution in [2.45, 2.75) is 12.7 Å². The summed E-state index contributed by atoms with van der Waals surface area (Å²) in [4.78, 5) is 6.06. The van der Waals surface area contributed by atoms with Crippen molar-refractivity contribution >= 4 is 28.5 Å². The van der Waals surface area contributed by atoms with Gasteiger partial charge in [0.2, 0.25) is 11.5 Å². The lowest BCUT2D eigenvalue weighted by molar-refractivity contribution is -0.658. The standard InChI is InChI=1S/C12H14ClF3N5O/c1-19-10(20-2-4-22-5-3-20)8-6-17-21(7-12(14,15)16)9(8)18-11(19)13/h6H,2-5,7H2,1H3/q+1. The van der Waals surface area contributed by atoms with Crippen LogP contribution in [0.3, 0.4) is 0 Å². The first-order valence-electron chi connectivity index (χ1n) is 6.67. The lowest BCUT2D eigenvalue weighted by Crippen LogP contribution is -2.46. The van der Waals surface area contributed by atoms with Gasteiger partial charge in [0, 0.05) is 0 Å². The van der Waals surface area contributed by atoms with Gasteiger partial charge in [-0.05, 0) is 11.6 Å². The molecule has 120 valence electrons. The molecule has 6 nitrogen and oxygen atoms in total. The molecule has 22 heavy (non-hydrogen) atoms. The van der Waals surface area contributed by atoms with Gasteiger partial charge in [-0.3, -0.25) is 4.90 Å². The molecule has 10 heteroatoms. The highest BCUT2D eigenvalue weighted by Gasteiger charge is 2.33. The molecule has 0 unspecified atom stereocenters. The largest absolute Gasteiger partial charge is 0.408 e. The van der Waals surface area contributed by atoms with E-state index in [2.05, 4.69) is 10.1 Å². The van der Waals surface area contributed by atoms with Gasteiger partial charge in [0.05, 0.1) is 39.5 Å². The summed E-state index contributed by atoms with van der Waals surface area (Å²) in [6.45, 7) is 1.17. The van der Waals surface area contributed by atoms with Crippen molar-refractivity contribution in [3.05, 3.63) is 11.5 Å². The fourth-order valence-electron chi connectivity index (χ4n) is 2.53. The van der Waals surface area contributed by atoms with E-state index in [0.717, 1.165) is 4.68 Å². The molecule has 0 N–H and O–H groups in total. The number of fused-ring (bicyclic) bond motifs is 1. The van der Waals surface area contributed by atoms with Crippen molar-refractivity contribution < 1.29 is 22.5 Å². The molecule has 3 rings (SSSR count). The molecular weight excluding hydrogens is 323 g/mol.